The molecule has 0 heterocycles. The third kappa shape index (κ3) is 5.72. The normalized spacial score (nSPS) is 10.2. The number of hydrogen-bond acceptors (Lipinski definition) is 5. The molecule has 27 heavy (non-hydrogen) atoms. The molecule has 2 aromatic rings. The van der Waals surface area contributed by atoms with E-state index in [0.29, 0.717) is 35.8 Å². The van der Waals surface area contributed by atoms with Gasteiger partial charge in [-0.15, -0.1) is 0 Å². The van der Waals surface area contributed by atoms with Crippen LogP contribution in [0.4, 0.5) is 5.69 Å². The van der Waals surface area contributed by atoms with Crippen LogP contribution in [0, 0.1) is 0 Å². The van der Waals surface area contributed by atoms with Crippen molar-refractivity contribution in [1.29, 1.82) is 0 Å². The number of carbonyl (C=O) groups is 2. The highest BCUT2D eigenvalue weighted by molar-refractivity contribution is 9.10. The molecule has 0 bridgehead atoms. The summed E-state index contributed by atoms with van der Waals surface area (Å²) in [4.78, 5) is 24.1. The van der Waals surface area contributed by atoms with Crippen LogP contribution in [0.2, 0.25) is 0 Å². The molecule has 1 N–H and O–H groups in total. The van der Waals surface area contributed by atoms with E-state index in [4.69, 9.17) is 14.2 Å². The van der Waals surface area contributed by atoms with Crippen molar-refractivity contribution in [3.63, 3.8) is 0 Å². The molecule has 7 heteroatoms. The van der Waals surface area contributed by atoms with Crippen LogP contribution in [0.3, 0.4) is 0 Å². The van der Waals surface area contributed by atoms with Gasteiger partial charge in [-0.2, -0.15) is 0 Å². The Hall–Kier alpha value is -2.54. The van der Waals surface area contributed by atoms with Crippen LogP contribution >= 0.6 is 15.9 Å². The second-order valence-corrected chi connectivity index (χ2v) is 6.50. The maximum absolute atomic E-state index is 12.3. The van der Waals surface area contributed by atoms with Crippen molar-refractivity contribution in [2.75, 3.05) is 26.1 Å². The molecule has 0 spiro atoms. The molecular formula is C20H22BrNO5. The van der Waals surface area contributed by atoms with Gasteiger partial charge in [0.2, 0.25) is 5.91 Å². The number of anilines is 1. The molecule has 144 valence electrons. The van der Waals surface area contributed by atoms with Gasteiger partial charge in [0.15, 0.2) is 11.5 Å². The van der Waals surface area contributed by atoms with Crippen LogP contribution in [0.1, 0.15) is 29.3 Å². The fourth-order valence-electron chi connectivity index (χ4n) is 2.50. The molecule has 1 amide bonds. The lowest BCUT2D eigenvalue weighted by molar-refractivity contribution is -0.116. The van der Waals surface area contributed by atoms with Gasteiger partial charge < -0.3 is 19.5 Å². The van der Waals surface area contributed by atoms with Crippen molar-refractivity contribution in [3.05, 3.63) is 52.0 Å². The average Bonchev–Trinajstić information content (AvgIpc) is 2.67. The molecule has 0 atom stereocenters. The molecule has 0 aliphatic rings. The van der Waals surface area contributed by atoms with E-state index in [9.17, 15) is 9.59 Å². The molecule has 0 radical (unpaired) electrons. The fraction of sp³-hybridized carbons (Fsp3) is 0.300. The number of halogens is 1. The van der Waals surface area contributed by atoms with Gasteiger partial charge in [-0.05, 0) is 49.2 Å². The fourth-order valence-corrected chi connectivity index (χ4v) is 3.02. The maximum atomic E-state index is 12.3. The number of hydrogen-bond donors (Lipinski definition) is 1. The largest absolute Gasteiger partial charge is 0.493 e. The highest BCUT2D eigenvalue weighted by atomic mass is 79.9. The minimum Gasteiger partial charge on any atom is -0.493 e. The summed E-state index contributed by atoms with van der Waals surface area (Å²) in [6.07, 6.45) is 0.794. The highest BCUT2D eigenvalue weighted by Gasteiger charge is 2.12. The number of methoxy groups -OCH3 is 2. The highest BCUT2D eigenvalue weighted by Crippen LogP contribution is 2.33. The topological polar surface area (TPSA) is 73.9 Å². The Morgan fingerprint density at radius 3 is 2.44 bits per heavy atom. The van der Waals surface area contributed by atoms with Crippen molar-refractivity contribution in [3.8, 4) is 11.5 Å². The first kappa shape index (κ1) is 20.8. The maximum Gasteiger partial charge on any atom is 0.338 e. The second-order valence-electron chi connectivity index (χ2n) is 5.65. The van der Waals surface area contributed by atoms with Crippen molar-refractivity contribution in [2.24, 2.45) is 0 Å². The lowest BCUT2D eigenvalue weighted by Crippen LogP contribution is -2.13. The standard InChI is InChI=1S/C20H22BrNO5/c1-4-27-20(24)14-6-5-7-15(10-14)22-19(23)9-8-13-11-17(25-2)18(26-3)12-16(13)21/h5-7,10-12H,4,8-9H2,1-3H3,(H,22,23). The van der Waals surface area contributed by atoms with Crippen LogP contribution in [-0.4, -0.2) is 32.7 Å². The number of carbonyl (C=O) groups excluding carboxylic acids is 2. The molecule has 0 aliphatic heterocycles. The molecule has 2 rings (SSSR count). The Morgan fingerprint density at radius 1 is 1.07 bits per heavy atom. The first-order valence-corrected chi connectivity index (χ1v) is 9.25. The van der Waals surface area contributed by atoms with E-state index in [0.717, 1.165) is 10.0 Å². The molecule has 0 saturated heterocycles. The summed E-state index contributed by atoms with van der Waals surface area (Å²) in [5.41, 5.74) is 1.89. The summed E-state index contributed by atoms with van der Waals surface area (Å²) in [6.45, 7) is 2.05. The van der Waals surface area contributed by atoms with Gasteiger partial charge in [-0.1, -0.05) is 22.0 Å². The smallest absolute Gasteiger partial charge is 0.338 e. The average molecular weight is 436 g/mol. The number of nitrogens with one attached hydrogen (secondary N) is 1. The van der Waals surface area contributed by atoms with Crippen molar-refractivity contribution < 1.29 is 23.8 Å². The Bertz CT molecular complexity index is 822. The van der Waals surface area contributed by atoms with E-state index in [2.05, 4.69) is 21.2 Å². The lowest BCUT2D eigenvalue weighted by Gasteiger charge is -2.12. The molecule has 0 aliphatic carbocycles. The zero-order valence-corrected chi connectivity index (χ0v) is 17.1. The van der Waals surface area contributed by atoms with Crippen LogP contribution < -0.4 is 14.8 Å². The van der Waals surface area contributed by atoms with Gasteiger partial charge in [0.25, 0.3) is 0 Å². The third-order valence-electron chi connectivity index (χ3n) is 3.83. The summed E-state index contributed by atoms with van der Waals surface area (Å²) >= 11 is 3.49. The van der Waals surface area contributed by atoms with Gasteiger partial charge in [0.05, 0.1) is 26.4 Å². The van der Waals surface area contributed by atoms with Crippen LogP contribution in [-0.2, 0) is 16.0 Å². The molecular weight excluding hydrogens is 414 g/mol. The van der Waals surface area contributed by atoms with E-state index in [1.54, 1.807) is 45.4 Å². The van der Waals surface area contributed by atoms with Gasteiger partial charge >= 0.3 is 5.97 Å². The number of amides is 1. The molecule has 0 fully saturated rings. The summed E-state index contributed by atoms with van der Waals surface area (Å²) in [7, 11) is 3.14. The van der Waals surface area contributed by atoms with Gasteiger partial charge in [-0.3, -0.25) is 4.79 Å². The lowest BCUT2D eigenvalue weighted by atomic mass is 10.1. The minimum atomic E-state index is -0.414. The summed E-state index contributed by atoms with van der Waals surface area (Å²) in [5, 5.41) is 2.80. The predicted octanol–water partition coefficient (Wildman–Crippen LogP) is 4.21. The minimum absolute atomic E-state index is 0.155. The van der Waals surface area contributed by atoms with Crippen molar-refractivity contribution in [2.45, 2.75) is 19.8 Å². The van der Waals surface area contributed by atoms with E-state index < -0.39 is 5.97 Å². The van der Waals surface area contributed by atoms with Crippen molar-refractivity contribution in [1.82, 2.24) is 0 Å². The number of aryl methyl sites for hydroxylation is 1. The Balaban J connectivity index is 2.01. The Labute approximate surface area is 166 Å². The molecule has 0 unspecified atom stereocenters. The quantitative estimate of drug-likeness (QED) is 0.628. The van der Waals surface area contributed by atoms with Crippen LogP contribution in [0.25, 0.3) is 0 Å². The number of esters is 1. The summed E-state index contributed by atoms with van der Waals surface area (Å²) in [5.74, 6) is 0.659. The zero-order chi connectivity index (χ0) is 19.8. The second kappa shape index (κ2) is 9.97. The first-order chi connectivity index (χ1) is 13.0. The SMILES string of the molecule is CCOC(=O)c1cccc(NC(=O)CCc2cc(OC)c(OC)cc2Br)c1. The zero-order valence-electron chi connectivity index (χ0n) is 15.5. The Kier molecular flexibility index (Phi) is 7.67. The van der Waals surface area contributed by atoms with Gasteiger partial charge in [0, 0.05) is 16.6 Å². The number of benzene rings is 2. The van der Waals surface area contributed by atoms with E-state index in [1.165, 1.54) is 0 Å². The predicted molar refractivity (Wildman–Crippen MR) is 107 cm³/mol. The summed E-state index contributed by atoms with van der Waals surface area (Å²) < 4.78 is 16.4. The third-order valence-corrected chi connectivity index (χ3v) is 4.57. The van der Waals surface area contributed by atoms with Crippen LogP contribution in [0.15, 0.2) is 40.9 Å². The Morgan fingerprint density at radius 2 is 1.78 bits per heavy atom. The summed E-state index contributed by atoms with van der Waals surface area (Å²) in [6, 6.07) is 10.3. The first-order valence-electron chi connectivity index (χ1n) is 8.46. The number of ether oxygens (including phenoxy) is 3. The van der Waals surface area contributed by atoms with Gasteiger partial charge in [0.1, 0.15) is 0 Å². The molecule has 6 nitrogen and oxygen atoms in total. The number of rotatable bonds is 8. The molecule has 2 aromatic carbocycles. The van der Waals surface area contributed by atoms with E-state index in [1.807, 2.05) is 12.1 Å². The molecule has 0 saturated carbocycles. The van der Waals surface area contributed by atoms with Gasteiger partial charge in [-0.25, -0.2) is 4.79 Å². The van der Waals surface area contributed by atoms with Crippen molar-refractivity contribution >= 4 is 33.5 Å². The van der Waals surface area contributed by atoms with E-state index in [-0.39, 0.29) is 12.3 Å². The van der Waals surface area contributed by atoms with E-state index >= 15 is 0 Å². The molecule has 0 aromatic heterocycles. The van der Waals surface area contributed by atoms with Crippen LogP contribution in [0.5, 0.6) is 11.5 Å². The monoisotopic (exact) mass is 435 g/mol.